The predicted octanol–water partition coefficient (Wildman–Crippen LogP) is 23.5. The SMILES string of the molecule is C=CC.CC.CC1(C)c2ccccc2-c2ccc(N(c3ccc(-c4ccccc4)cc3)c3ccc(-n4c5ccc(-c6ccc7c(c6)c6ccccc6n7-c6ccccc6)cc5c5ccc6c(c7c(n6-c6ccccc6)-c6ccccc6C7(C)C)c54)cc3)cc21. The Labute approximate surface area is 522 Å². The molecule has 0 radical (unpaired) electrons. The lowest BCUT2D eigenvalue weighted by Gasteiger charge is -2.28. The molecule has 12 aromatic carbocycles. The lowest BCUT2D eigenvalue weighted by Crippen LogP contribution is -2.16. The van der Waals surface area contributed by atoms with Crippen LogP contribution in [0.2, 0.25) is 0 Å². The molecule has 0 unspecified atom stereocenters. The highest BCUT2D eigenvalue weighted by Gasteiger charge is 2.42. The fourth-order valence-corrected chi connectivity index (χ4v) is 14.9. The van der Waals surface area contributed by atoms with Gasteiger partial charge in [0.2, 0.25) is 0 Å². The predicted molar refractivity (Wildman–Crippen MR) is 380 cm³/mol. The van der Waals surface area contributed by atoms with Crippen molar-refractivity contribution < 1.29 is 0 Å². The van der Waals surface area contributed by atoms with Crippen molar-refractivity contribution in [3.63, 3.8) is 0 Å². The highest BCUT2D eigenvalue weighted by molar-refractivity contribution is 6.22. The Kier molecular flexibility index (Phi) is 13.3. The molecule has 0 N–H and O–H groups in total. The van der Waals surface area contributed by atoms with Gasteiger partial charge in [0.05, 0.1) is 33.3 Å². The molecule has 0 aliphatic heterocycles. The molecule has 0 spiro atoms. The minimum Gasteiger partial charge on any atom is -0.310 e. The first-order chi connectivity index (χ1) is 43.6. The van der Waals surface area contributed by atoms with Gasteiger partial charge in [0.25, 0.3) is 0 Å². The molecular weight excluding hydrogens is 1080 g/mol. The summed E-state index contributed by atoms with van der Waals surface area (Å²) in [4.78, 5) is 2.44. The second kappa shape index (κ2) is 21.6. The van der Waals surface area contributed by atoms with E-state index in [1.54, 1.807) is 6.08 Å². The monoisotopic (exact) mass is 1150 g/mol. The summed E-state index contributed by atoms with van der Waals surface area (Å²) in [7, 11) is 0. The van der Waals surface area contributed by atoms with E-state index in [1.807, 2.05) is 20.8 Å². The molecular formula is C85H70N4. The molecule has 3 aromatic heterocycles. The normalized spacial score (nSPS) is 13.1. The zero-order chi connectivity index (χ0) is 60.7. The number of rotatable bonds is 8. The number of hydrogen-bond acceptors (Lipinski definition) is 1. The van der Waals surface area contributed by atoms with Crippen molar-refractivity contribution in [3.05, 3.63) is 314 Å². The Balaban J connectivity index is 0.00000129. The fraction of sp³-hybridized carbons (Fsp3) is 0.106. The van der Waals surface area contributed by atoms with Crippen LogP contribution in [-0.4, -0.2) is 13.7 Å². The number of allylic oxidation sites excluding steroid dienone is 1. The molecule has 2 aliphatic carbocycles. The molecule has 0 saturated carbocycles. The largest absolute Gasteiger partial charge is 0.310 e. The van der Waals surface area contributed by atoms with Crippen LogP contribution in [0.25, 0.3) is 116 Å². The molecule has 2 aliphatic rings. The van der Waals surface area contributed by atoms with Crippen LogP contribution < -0.4 is 4.90 Å². The summed E-state index contributed by atoms with van der Waals surface area (Å²) in [5, 5.41) is 6.22. The van der Waals surface area contributed by atoms with Gasteiger partial charge in [-0.1, -0.05) is 217 Å². The third kappa shape index (κ3) is 8.56. The zero-order valence-corrected chi connectivity index (χ0v) is 51.6. The number of fused-ring (bicyclic) bond motifs is 15. The van der Waals surface area contributed by atoms with Crippen molar-refractivity contribution >= 4 is 71.6 Å². The number of nitrogens with zero attached hydrogens (tertiary/aromatic N) is 4. The Morgan fingerprint density at radius 2 is 0.787 bits per heavy atom. The maximum atomic E-state index is 3.36. The van der Waals surface area contributed by atoms with Crippen LogP contribution in [0.4, 0.5) is 17.1 Å². The molecule has 0 amide bonds. The van der Waals surface area contributed by atoms with E-state index >= 15 is 0 Å². The molecule has 17 rings (SSSR count). The second-order valence-electron chi connectivity index (χ2n) is 24.5. The van der Waals surface area contributed by atoms with Gasteiger partial charge in [0, 0.05) is 77.4 Å². The van der Waals surface area contributed by atoms with Crippen molar-refractivity contribution in [1.82, 2.24) is 13.7 Å². The van der Waals surface area contributed by atoms with E-state index in [1.165, 1.54) is 121 Å². The first kappa shape index (κ1) is 54.9. The molecule has 430 valence electrons. The highest BCUT2D eigenvalue weighted by Crippen LogP contribution is 2.56. The summed E-state index contributed by atoms with van der Waals surface area (Å²) in [6, 6.07) is 104. The second-order valence-corrected chi connectivity index (χ2v) is 24.5. The Hall–Kier alpha value is -10.7. The maximum Gasteiger partial charge on any atom is 0.0638 e. The van der Waals surface area contributed by atoms with Crippen LogP contribution in [0.1, 0.15) is 70.7 Å². The molecule has 0 bridgehead atoms. The van der Waals surface area contributed by atoms with Gasteiger partial charge in [-0.05, 0) is 172 Å². The number of benzene rings is 12. The molecule has 3 heterocycles. The van der Waals surface area contributed by atoms with Crippen LogP contribution in [0.15, 0.2) is 292 Å². The zero-order valence-electron chi connectivity index (χ0n) is 51.6. The van der Waals surface area contributed by atoms with Crippen LogP contribution in [0, 0.1) is 0 Å². The topological polar surface area (TPSA) is 18.0 Å². The molecule has 0 atom stereocenters. The van der Waals surface area contributed by atoms with Gasteiger partial charge in [-0.2, -0.15) is 0 Å². The number of para-hydroxylation sites is 3. The summed E-state index contributed by atoms with van der Waals surface area (Å²) in [5.74, 6) is 0. The summed E-state index contributed by atoms with van der Waals surface area (Å²) in [6.45, 7) is 18.8. The van der Waals surface area contributed by atoms with E-state index in [4.69, 9.17) is 0 Å². The number of hydrogen-bond donors (Lipinski definition) is 0. The summed E-state index contributed by atoms with van der Waals surface area (Å²) in [6.07, 6.45) is 1.75. The lowest BCUT2D eigenvalue weighted by molar-refractivity contribution is 0.660. The quantitative estimate of drug-likeness (QED) is 0.139. The van der Waals surface area contributed by atoms with E-state index in [9.17, 15) is 0 Å². The number of aromatic nitrogens is 3. The maximum absolute atomic E-state index is 3.36. The van der Waals surface area contributed by atoms with E-state index in [0.717, 1.165) is 34.1 Å². The Morgan fingerprint density at radius 1 is 0.337 bits per heavy atom. The minimum atomic E-state index is -0.286. The lowest BCUT2D eigenvalue weighted by atomic mass is 9.81. The summed E-state index contributed by atoms with van der Waals surface area (Å²) < 4.78 is 7.50. The average molecular weight is 1150 g/mol. The average Bonchev–Trinajstić information content (AvgIpc) is 1.62. The van der Waals surface area contributed by atoms with Gasteiger partial charge in [0.15, 0.2) is 0 Å². The van der Waals surface area contributed by atoms with Gasteiger partial charge in [-0.25, -0.2) is 0 Å². The minimum absolute atomic E-state index is 0.151. The molecule has 0 saturated heterocycles. The summed E-state index contributed by atoms with van der Waals surface area (Å²) in [5.41, 5.74) is 27.7. The third-order valence-corrected chi connectivity index (χ3v) is 18.8. The van der Waals surface area contributed by atoms with E-state index in [-0.39, 0.29) is 10.8 Å². The summed E-state index contributed by atoms with van der Waals surface area (Å²) >= 11 is 0. The molecule has 4 heteroatoms. The standard InChI is InChI=1S/C80H58N4.C3H6.C2H6/c1-79(2)68-29-17-14-26-61(68)62-43-42-60(50-70(62)79)81(57-36-32-52(33-37-57)51-20-8-5-9-21-51)58-38-40-59(41-39-58)83-73-46-35-54(53-34-45-72-66(48-53)63-27-16-19-31-71(63)82(72)55-22-10-6-11-23-55)49-67(73)64-44-47-74-75(77(64)83)76-78(84(74)56-24-12-7-13-25-56)65-28-15-18-30-69(65)80(76,3)4;1-3-2;1-2/h5-50H,1-4H3;3H,1H2,2H3;1-2H3. The van der Waals surface area contributed by atoms with Crippen LogP contribution in [-0.2, 0) is 10.8 Å². The van der Waals surface area contributed by atoms with Crippen LogP contribution in [0.3, 0.4) is 0 Å². The molecule has 89 heavy (non-hydrogen) atoms. The van der Waals surface area contributed by atoms with Crippen molar-refractivity contribution in [1.29, 1.82) is 0 Å². The fourth-order valence-electron chi connectivity index (χ4n) is 14.9. The van der Waals surface area contributed by atoms with Crippen LogP contribution in [0.5, 0.6) is 0 Å². The van der Waals surface area contributed by atoms with Crippen molar-refractivity contribution in [2.45, 2.75) is 59.3 Å². The van der Waals surface area contributed by atoms with Crippen molar-refractivity contribution in [3.8, 4) is 61.7 Å². The van der Waals surface area contributed by atoms with Gasteiger partial charge in [-0.15, -0.1) is 6.58 Å². The van der Waals surface area contributed by atoms with E-state index in [2.05, 4.69) is 332 Å². The smallest absolute Gasteiger partial charge is 0.0638 e. The van der Waals surface area contributed by atoms with E-state index < -0.39 is 0 Å². The highest BCUT2D eigenvalue weighted by atomic mass is 15.1. The molecule has 4 nitrogen and oxygen atoms in total. The third-order valence-electron chi connectivity index (χ3n) is 18.8. The van der Waals surface area contributed by atoms with Gasteiger partial charge in [0.1, 0.15) is 0 Å². The van der Waals surface area contributed by atoms with E-state index in [0.29, 0.717) is 0 Å². The van der Waals surface area contributed by atoms with Crippen molar-refractivity contribution in [2.75, 3.05) is 4.90 Å². The Morgan fingerprint density at radius 3 is 1.44 bits per heavy atom. The molecule has 15 aromatic rings. The Bertz CT molecular complexity index is 5210. The van der Waals surface area contributed by atoms with Crippen molar-refractivity contribution in [2.24, 2.45) is 0 Å². The first-order valence-electron chi connectivity index (χ1n) is 31.4. The van der Waals surface area contributed by atoms with Gasteiger partial charge in [-0.3, -0.25) is 0 Å². The first-order valence-corrected chi connectivity index (χ1v) is 31.4. The van der Waals surface area contributed by atoms with Crippen LogP contribution >= 0.6 is 0 Å². The molecule has 0 fully saturated rings. The van der Waals surface area contributed by atoms with Gasteiger partial charge < -0.3 is 18.6 Å². The number of anilines is 3. The van der Waals surface area contributed by atoms with Gasteiger partial charge >= 0.3 is 0 Å².